The number of nitrogens with two attached hydrogens (primary N) is 1. The predicted octanol–water partition coefficient (Wildman–Crippen LogP) is 5.39. The number of nitrogens with one attached hydrogen (secondary N) is 1. The van der Waals surface area contributed by atoms with Gasteiger partial charge >= 0.3 is 0 Å². The normalized spacial score (nSPS) is 18.4. The second kappa shape index (κ2) is 16.5. The zero-order valence-electron chi connectivity index (χ0n) is 26.9. The van der Waals surface area contributed by atoms with Gasteiger partial charge in [0.15, 0.2) is 5.65 Å². The average Bonchev–Trinajstić information content (AvgIpc) is 3.42. The van der Waals surface area contributed by atoms with E-state index in [2.05, 4.69) is 36.8 Å². The van der Waals surface area contributed by atoms with E-state index in [9.17, 15) is 4.39 Å². The van der Waals surface area contributed by atoms with Crippen LogP contribution >= 0.6 is 11.6 Å². The van der Waals surface area contributed by atoms with Crippen LogP contribution in [0.4, 0.5) is 15.9 Å². The molecule has 0 spiro atoms. The van der Waals surface area contributed by atoms with E-state index in [0.29, 0.717) is 29.0 Å². The van der Waals surface area contributed by atoms with E-state index < -0.39 is 11.9 Å². The summed E-state index contributed by atoms with van der Waals surface area (Å²) in [4.78, 5) is 32.0. The second-order valence-corrected chi connectivity index (χ2v) is 12.1. The lowest BCUT2D eigenvalue weighted by Crippen LogP contribution is -2.49. The van der Waals surface area contributed by atoms with Gasteiger partial charge in [-0.2, -0.15) is 5.10 Å². The van der Waals surface area contributed by atoms with Gasteiger partial charge in [0.05, 0.1) is 11.4 Å². The summed E-state index contributed by atoms with van der Waals surface area (Å²) in [7, 11) is 2.20. The maximum absolute atomic E-state index is 14.1. The third-order valence-electron chi connectivity index (χ3n) is 8.27. The number of hydrogen-bond acceptors (Lipinski definition) is 9. The van der Waals surface area contributed by atoms with Gasteiger partial charge in [-0.1, -0.05) is 29.8 Å². The van der Waals surface area contributed by atoms with E-state index in [4.69, 9.17) is 42.2 Å². The lowest BCUT2D eigenvalue weighted by atomic mass is 9.90. The molecule has 3 heterocycles. The lowest BCUT2D eigenvalue weighted by Gasteiger charge is -2.41. The van der Waals surface area contributed by atoms with E-state index >= 15 is 0 Å². The van der Waals surface area contributed by atoms with Crippen molar-refractivity contribution in [2.45, 2.75) is 58.2 Å². The lowest BCUT2D eigenvalue weighted by molar-refractivity contribution is -0.135. The molecule has 12 nitrogen and oxygen atoms in total. The van der Waals surface area contributed by atoms with Gasteiger partial charge in [-0.15, -0.1) is 0 Å². The number of carboxylic acid groups (broad SMARTS) is 2. The zero-order chi connectivity index (χ0) is 34.1. The standard InChI is InChI=1S/C29H34ClFN8.2C2H4O2/c1-37-13-15-38(16-14-37)21-9-11-22(12-10-21)39-29-26(28(32)34-18-35-29)27(36-39)19-5-7-20(8-6-19)33-17-23-24(30)3-2-4-25(23)31;2*1-2(3)4/h2-8,18,21-22,33H,9-17H2,1H3,(H2,32,34,35);2*1H3,(H,3,4). The van der Waals surface area contributed by atoms with E-state index in [0.717, 1.165) is 93.7 Å². The monoisotopic (exact) mass is 668 g/mol. The Morgan fingerprint density at radius 2 is 1.55 bits per heavy atom. The molecule has 2 fully saturated rings. The number of rotatable bonds is 6. The van der Waals surface area contributed by atoms with Crippen molar-refractivity contribution < 1.29 is 24.2 Å². The minimum absolute atomic E-state index is 0.283. The number of carboxylic acids is 2. The highest BCUT2D eigenvalue weighted by Crippen LogP contribution is 2.37. The second-order valence-electron chi connectivity index (χ2n) is 11.7. The SMILES string of the molecule is CC(=O)O.CC(=O)O.CN1CCN(C2CCC(n3nc(-c4ccc(NCc5c(F)cccc5Cl)cc4)c4c(N)ncnc43)CC2)CC1. The number of aromatic nitrogens is 4. The number of hydrogen-bond donors (Lipinski definition) is 4. The first-order valence-electron chi connectivity index (χ1n) is 15.5. The predicted molar refractivity (Wildman–Crippen MR) is 181 cm³/mol. The van der Waals surface area contributed by atoms with Crippen molar-refractivity contribution in [1.29, 1.82) is 0 Å². The topological polar surface area (TPSA) is 163 Å². The number of nitrogens with zero attached hydrogens (tertiary/aromatic N) is 6. The molecule has 0 unspecified atom stereocenters. The molecular weight excluding hydrogens is 627 g/mol. The number of carbonyl (C=O) groups is 2. The summed E-state index contributed by atoms with van der Waals surface area (Å²) in [5, 5.41) is 24.3. The maximum Gasteiger partial charge on any atom is 0.300 e. The van der Waals surface area contributed by atoms with Crippen molar-refractivity contribution in [3.8, 4) is 11.3 Å². The molecule has 6 rings (SSSR count). The fourth-order valence-electron chi connectivity index (χ4n) is 5.94. The molecular formula is C33H42ClFN8O4. The number of halogens is 2. The third-order valence-corrected chi connectivity index (χ3v) is 8.63. The molecule has 0 atom stereocenters. The van der Waals surface area contributed by atoms with E-state index in [1.54, 1.807) is 12.1 Å². The molecule has 4 aromatic rings. The quantitative estimate of drug-likeness (QED) is 0.208. The van der Waals surface area contributed by atoms with Crippen LogP contribution in [0.15, 0.2) is 48.8 Å². The summed E-state index contributed by atoms with van der Waals surface area (Å²) < 4.78 is 16.2. The molecule has 1 aliphatic heterocycles. The minimum atomic E-state index is -0.833. The first-order valence-corrected chi connectivity index (χ1v) is 15.9. The van der Waals surface area contributed by atoms with Crippen LogP contribution in [0.3, 0.4) is 0 Å². The van der Waals surface area contributed by atoms with Gasteiger partial charge in [-0.25, -0.2) is 19.0 Å². The first-order chi connectivity index (χ1) is 22.4. The molecule has 0 amide bonds. The number of benzene rings is 2. The van der Waals surface area contributed by atoms with Gasteiger partial charge < -0.3 is 26.2 Å². The minimum Gasteiger partial charge on any atom is -0.481 e. The van der Waals surface area contributed by atoms with Crippen LogP contribution < -0.4 is 11.1 Å². The van der Waals surface area contributed by atoms with Gasteiger partial charge in [-0.05, 0) is 57.0 Å². The Labute approximate surface area is 278 Å². The van der Waals surface area contributed by atoms with E-state index in [1.807, 2.05) is 24.3 Å². The first kappa shape index (κ1) is 35.5. The fraction of sp³-hybridized carbons (Fsp3) is 0.424. The van der Waals surface area contributed by atoms with Crippen molar-refractivity contribution in [1.82, 2.24) is 29.5 Å². The van der Waals surface area contributed by atoms with Crippen LogP contribution in [0, 0.1) is 5.82 Å². The smallest absolute Gasteiger partial charge is 0.300 e. The van der Waals surface area contributed by atoms with Crippen molar-refractivity contribution in [3.05, 3.63) is 65.2 Å². The Kier molecular flexibility index (Phi) is 12.5. The fourth-order valence-corrected chi connectivity index (χ4v) is 6.17. The van der Waals surface area contributed by atoms with Crippen molar-refractivity contribution >= 4 is 46.1 Å². The number of piperazine rings is 1. The maximum atomic E-state index is 14.1. The summed E-state index contributed by atoms with van der Waals surface area (Å²) in [5.74, 6) is -1.56. The number of likely N-dealkylation sites (N-methyl/N-ethyl adjacent to an activating group) is 1. The average molecular weight is 669 g/mol. The van der Waals surface area contributed by atoms with Crippen molar-refractivity contribution in [3.63, 3.8) is 0 Å². The Morgan fingerprint density at radius 1 is 0.957 bits per heavy atom. The summed E-state index contributed by atoms with van der Waals surface area (Å²) in [6.45, 7) is 7.06. The van der Waals surface area contributed by atoms with Crippen molar-refractivity contribution in [2.75, 3.05) is 44.3 Å². The molecule has 2 aliphatic rings. The van der Waals surface area contributed by atoms with Gasteiger partial charge in [0.2, 0.25) is 0 Å². The zero-order valence-corrected chi connectivity index (χ0v) is 27.6. The molecule has 5 N–H and O–H groups in total. The Morgan fingerprint density at radius 3 is 2.15 bits per heavy atom. The largest absolute Gasteiger partial charge is 0.481 e. The molecule has 2 aromatic heterocycles. The van der Waals surface area contributed by atoms with E-state index in [-0.39, 0.29) is 11.9 Å². The molecule has 2 aromatic carbocycles. The van der Waals surface area contributed by atoms with E-state index in [1.165, 1.54) is 12.4 Å². The van der Waals surface area contributed by atoms with Crippen LogP contribution in [-0.2, 0) is 16.1 Å². The summed E-state index contributed by atoms with van der Waals surface area (Å²) in [6, 6.07) is 13.5. The Bertz CT molecular complexity index is 1610. The highest BCUT2D eigenvalue weighted by atomic mass is 35.5. The van der Waals surface area contributed by atoms with Crippen molar-refractivity contribution in [2.24, 2.45) is 0 Å². The number of aliphatic carboxylic acids is 2. The van der Waals surface area contributed by atoms with Crippen LogP contribution in [-0.4, -0.2) is 91.0 Å². The molecule has 1 aliphatic carbocycles. The molecule has 252 valence electrons. The number of fused-ring (bicyclic) bond motifs is 1. The summed E-state index contributed by atoms with van der Waals surface area (Å²) in [5.41, 5.74) is 10.2. The van der Waals surface area contributed by atoms with Gasteiger partial charge in [0.1, 0.15) is 23.7 Å². The van der Waals surface area contributed by atoms with Gasteiger partial charge in [0.25, 0.3) is 11.9 Å². The van der Waals surface area contributed by atoms with Gasteiger partial charge in [-0.3, -0.25) is 14.5 Å². The number of nitrogen functional groups attached to an aromatic ring is 1. The molecule has 47 heavy (non-hydrogen) atoms. The Balaban J connectivity index is 0.000000564. The third kappa shape index (κ3) is 9.60. The number of anilines is 2. The van der Waals surface area contributed by atoms with Crippen LogP contribution in [0.2, 0.25) is 5.02 Å². The molecule has 1 saturated heterocycles. The summed E-state index contributed by atoms with van der Waals surface area (Å²) in [6.07, 6.45) is 5.99. The summed E-state index contributed by atoms with van der Waals surface area (Å²) >= 11 is 6.17. The molecule has 14 heteroatoms. The van der Waals surface area contributed by atoms with Gasteiger partial charge in [0, 0.05) is 74.5 Å². The Hall–Kier alpha value is -4.33. The highest BCUT2D eigenvalue weighted by Gasteiger charge is 2.30. The molecule has 1 saturated carbocycles. The molecule has 0 bridgehead atoms. The van der Waals surface area contributed by atoms with Crippen LogP contribution in [0.1, 0.15) is 51.1 Å². The molecule has 0 radical (unpaired) electrons. The van der Waals surface area contributed by atoms with Crippen LogP contribution in [0.25, 0.3) is 22.3 Å². The highest BCUT2D eigenvalue weighted by molar-refractivity contribution is 6.31. The van der Waals surface area contributed by atoms with Crippen LogP contribution in [0.5, 0.6) is 0 Å².